The van der Waals surface area contributed by atoms with Gasteiger partial charge in [-0.05, 0) is 46.9 Å². The highest BCUT2D eigenvalue weighted by atomic mass is 32.2. The average Bonchev–Trinajstić information content (AvgIpc) is 3.30. The molecule has 3 nitrogen and oxygen atoms in total. The highest BCUT2D eigenvalue weighted by Crippen LogP contribution is 2.35. The molecule has 2 aliphatic heterocycles. The van der Waals surface area contributed by atoms with Gasteiger partial charge in [-0.3, -0.25) is 9.69 Å². The maximum absolute atomic E-state index is 13.0. The van der Waals surface area contributed by atoms with Crippen LogP contribution in [0.15, 0.2) is 83.8 Å². The fraction of sp³-hybridized carbons (Fsp3) is 0.154. The van der Waals surface area contributed by atoms with Crippen LogP contribution < -0.4 is 4.90 Å². The number of amides is 1. The molecular weight excluding hydrogens is 420 g/mol. The maximum Gasteiger partial charge on any atom is 0.266 e. The van der Waals surface area contributed by atoms with E-state index in [0.717, 1.165) is 30.6 Å². The molecule has 1 amide bonds. The van der Waals surface area contributed by atoms with Crippen LogP contribution in [0.3, 0.4) is 0 Å². The van der Waals surface area contributed by atoms with E-state index in [1.165, 1.54) is 28.6 Å². The van der Waals surface area contributed by atoms with Crippen LogP contribution in [0.5, 0.6) is 0 Å². The number of hydrogen-bond acceptors (Lipinski definition) is 4. The van der Waals surface area contributed by atoms with Gasteiger partial charge < -0.3 is 4.90 Å². The van der Waals surface area contributed by atoms with Crippen LogP contribution in [0.25, 0.3) is 6.08 Å². The second kappa shape index (κ2) is 8.69. The van der Waals surface area contributed by atoms with Gasteiger partial charge in [-0.1, -0.05) is 90.7 Å². The number of fused-ring (bicyclic) bond motifs is 1. The number of carbonyl (C=O) groups excluding carboxylic acids is 1. The average molecular weight is 443 g/mol. The Bertz CT molecular complexity index is 1160. The SMILES string of the molecule is O=C1/C(=C/c2ccc3c(c2)CCN3Cc2ccccc2)SC(=S)N1Cc1ccccc1. The first-order valence-corrected chi connectivity index (χ1v) is 11.6. The molecule has 0 aromatic heterocycles. The van der Waals surface area contributed by atoms with Gasteiger partial charge in [0.15, 0.2) is 0 Å². The molecule has 5 heteroatoms. The van der Waals surface area contributed by atoms with Crippen molar-refractivity contribution in [3.05, 3.63) is 106 Å². The minimum absolute atomic E-state index is 0.00921. The Kier molecular flexibility index (Phi) is 5.62. The number of thiocarbonyl (C=S) groups is 1. The Balaban J connectivity index is 1.32. The summed E-state index contributed by atoms with van der Waals surface area (Å²) in [5, 5.41) is 0. The molecule has 2 aliphatic rings. The van der Waals surface area contributed by atoms with E-state index in [-0.39, 0.29) is 5.91 Å². The molecule has 1 saturated heterocycles. The fourth-order valence-electron chi connectivity index (χ4n) is 4.10. The van der Waals surface area contributed by atoms with E-state index in [1.54, 1.807) is 4.90 Å². The van der Waals surface area contributed by atoms with Gasteiger partial charge in [0.2, 0.25) is 0 Å². The summed E-state index contributed by atoms with van der Waals surface area (Å²) < 4.78 is 0.621. The van der Waals surface area contributed by atoms with Crippen molar-refractivity contribution in [3.8, 4) is 0 Å². The number of benzene rings is 3. The molecule has 0 N–H and O–H groups in total. The lowest BCUT2D eigenvalue weighted by Crippen LogP contribution is -2.27. The Morgan fingerprint density at radius 2 is 1.58 bits per heavy atom. The standard InChI is InChI=1S/C26H22N2OS2/c29-25-24(31-26(30)28(25)18-20-9-5-2-6-10-20)16-21-11-12-23-22(15-21)13-14-27(23)17-19-7-3-1-4-8-19/h1-12,15-16H,13-14,17-18H2/b24-16-. The molecule has 0 spiro atoms. The summed E-state index contributed by atoms with van der Waals surface area (Å²) in [5.74, 6) is -0.00921. The van der Waals surface area contributed by atoms with Gasteiger partial charge in [-0.15, -0.1) is 0 Å². The molecule has 1 fully saturated rings. The highest BCUT2D eigenvalue weighted by Gasteiger charge is 2.32. The third-order valence-corrected chi connectivity index (χ3v) is 7.04. The summed E-state index contributed by atoms with van der Waals surface area (Å²) in [5.41, 5.74) is 6.08. The first kappa shape index (κ1) is 20.0. The van der Waals surface area contributed by atoms with Crippen molar-refractivity contribution in [1.82, 2.24) is 4.90 Å². The normalized spacial score (nSPS) is 17.0. The van der Waals surface area contributed by atoms with Crippen molar-refractivity contribution in [1.29, 1.82) is 0 Å². The molecule has 5 rings (SSSR count). The molecule has 0 saturated carbocycles. The van der Waals surface area contributed by atoms with Crippen molar-refractivity contribution in [2.45, 2.75) is 19.5 Å². The van der Waals surface area contributed by atoms with Gasteiger partial charge in [0.25, 0.3) is 5.91 Å². The molecule has 154 valence electrons. The number of hydrogen-bond donors (Lipinski definition) is 0. The van der Waals surface area contributed by atoms with E-state index in [4.69, 9.17) is 12.2 Å². The van der Waals surface area contributed by atoms with E-state index in [9.17, 15) is 4.79 Å². The minimum atomic E-state index is -0.00921. The predicted molar refractivity (Wildman–Crippen MR) is 133 cm³/mol. The number of nitrogens with zero attached hydrogens (tertiary/aromatic N) is 2. The van der Waals surface area contributed by atoms with E-state index in [1.807, 2.05) is 36.4 Å². The van der Waals surface area contributed by atoms with Gasteiger partial charge in [0, 0.05) is 18.8 Å². The van der Waals surface area contributed by atoms with Crippen molar-refractivity contribution >= 4 is 46.0 Å². The molecule has 31 heavy (non-hydrogen) atoms. The lowest BCUT2D eigenvalue weighted by Gasteiger charge is -2.19. The Morgan fingerprint density at radius 3 is 2.29 bits per heavy atom. The summed E-state index contributed by atoms with van der Waals surface area (Å²) in [6.45, 7) is 2.46. The number of anilines is 1. The first-order chi connectivity index (χ1) is 15.2. The van der Waals surface area contributed by atoms with E-state index >= 15 is 0 Å². The Morgan fingerprint density at radius 1 is 0.903 bits per heavy atom. The van der Waals surface area contributed by atoms with E-state index in [2.05, 4.69) is 53.4 Å². The quantitative estimate of drug-likeness (QED) is 0.376. The molecule has 3 aromatic rings. The Labute approximate surface area is 192 Å². The molecule has 0 atom stereocenters. The first-order valence-electron chi connectivity index (χ1n) is 10.4. The molecule has 0 aliphatic carbocycles. The van der Waals surface area contributed by atoms with Gasteiger partial charge >= 0.3 is 0 Å². The van der Waals surface area contributed by atoms with Gasteiger partial charge in [-0.2, -0.15) is 0 Å². The molecular formula is C26H22N2OS2. The largest absolute Gasteiger partial charge is 0.367 e. The smallest absolute Gasteiger partial charge is 0.266 e. The van der Waals surface area contributed by atoms with Crippen LogP contribution in [0.4, 0.5) is 5.69 Å². The van der Waals surface area contributed by atoms with Crippen LogP contribution in [0, 0.1) is 0 Å². The monoisotopic (exact) mass is 442 g/mol. The summed E-state index contributed by atoms with van der Waals surface area (Å²) in [6.07, 6.45) is 3.00. The topological polar surface area (TPSA) is 23.6 Å². The van der Waals surface area contributed by atoms with Crippen LogP contribution in [-0.2, 0) is 24.3 Å². The fourth-order valence-corrected chi connectivity index (χ4v) is 5.36. The summed E-state index contributed by atoms with van der Waals surface area (Å²) in [6, 6.07) is 27.0. The van der Waals surface area contributed by atoms with E-state index < -0.39 is 0 Å². The second-order valence-corrected chi connectivity index (χ2v) is 9.47. The summed E-state index contributed by atoms with van der Waals surface area (Å²) in [7, 11) is 0. The molecule has 0 unspecified atom stereocenters. The van der Waals surface area contributed by atoms with E-state index in [0.29, 0.717) is 15.8 Å². The van der Waals surface area contributed by atoms with Crippen molar-refractivity contribution < 1.29 is 4.79 Å². The van der Waals surface area contributed by atoms with Crippen LogP contribution in [0.2, 0.25) is 0 Å². The number of thioether (sulfide) groups is 1. The third-order valence-electron chi connectivity index (χ3n) is 5.67. The molecule has 0 radical (unpaired) electrons. The van der Waals surface area contributed by atoms with Crippen LogP contribution in [-0.4, -0.2) is 21.7 Å². The maximum atomic E-state index is 13.0. The van der Waals surface area contributed by atoms with Crippen LogP contribution >= 0.6 is 24.0 Å². The van der Waals surface area contributed by atoms with Crippen LogP contribution in [0.1, 0.15) is 22.3 Å². The zero-order valence-corrected chi connectivity index (χ0v) is 18.7. The predicted octanol–water partition coefficient (Wildman–Crippen LogP) is 5.65. The van der Waals surface area contributed by atoms with Crippen molar-refractivity contribution in [3.63, 3.8) is 0 Å². The van der Waals surface area contributed by atoms with Crippen molar-refractivity contribution in [2.75, 3.05) is 11.4 Å². The summed E-state index contributed by atoms with van der Waals surface area (Å²) >= 11 is 6.88. The van der Waals surface area contributed by atoms with Gasteiger partial charge in [-0.25, -0.2) is 0 Å². The molecule has 2 heterocycles. The molecule has 3 aromatic carbocycles. The number of rotatable bonds is 5. The second-order valence-electron chi connectivity index (χ2n) is 7.80. The van der Waals surface area contributed by atoms with Gasteiger partial charge in [0.05, 0.1) is 11.4 Å². The number of carbonyl (C=O) groups is 1. The Hall–Kier alpha value is -2.89. The lowest BCUT2D eigenvalue weighted by atomic mass is 10.1. The summed E-state index contributed by atoms with van der Waals surface area (Å²) in [4.78, 5) is 17.8. The lowest BCUT2D eigenvalue weighted by molar-refractivity contribution is -0.122. The zero-order valence-electron chi connectivity index (χ0n) is 17.0. The third kappa shape index (κ3) is 4.29. The van der Waals surface area contributed by atoms with Crippen molar-refractivity contribution in [2.24, 2.45) is 0 Å². The van der Waals surface area contributed by atoms with Gasteiger partial charge in [0.1, 0.15) is 4.32 Å². The molecule has 0 bridgehead atoms. The zero-order chi connectivity index (χ0) is 21.2. The minimum Gasteiger partial charge on any atom is -0.367 e. The highest BCUT2D eigenvalue weighted by molar-refractivity contribution is 8.26.